The van der Waals surface area contributed by atoms with Crippen molar-refractivity contribution >= 4 is 39.5 Å². The molecule has 0 amide bonds. The number of esters is 4. The number of hydrogen-bond acceptors (Lipinski definition) is 15. The van der Waals surface area contributed by atoms with Gasteiger partial charge in [0.1, 0.15) is 19.3 Å². The van der Waals surface area contributed by atoms with Gasteiger partial charge in [-0.3, -0.25) is 37.3 Å². The lowest BCUT2D eigenvalue weighted by atomic mass is 10.00. The van der Waals surface area contributed by atoms with Crippen molar-refractivity contribution in [3.8, 4) is 0 Å². The minimum absolute atomic E-state index is 0.0851. The Kier molecular flexibility index (Phi) is 58.4. The fourth-order valence-corrected chi connectivity index (χ4v) is 11.1. The average Bonchev–Trinajstić information content (AvgIpc) is 3.62. The molecule has 0 bridgehead atoms. The van der Waals surface area contributed by atoms with Gasteiger partial charge in [-0.2, -0.15) is 0 Å². The van der Waals surface area contributed by atoms with E-state index < -0.39 is 97.5 Å². The number of ether oxygens (including phenoxy) is 4. The largest absolute Gasteiger partial charge is 0.472 e. The van der Waals surface area contributed by atoms with Crippen LogP contribution in [-0.2, 0) is 65.4 Å². The van der Waals surface area contributed by atoms with Crippen LogP contribution < -0.4 is 0 Å². The maximum atomic E-state index is 13.0. The number of rotatable bonds is 65. The molecule has 6 atom stereocenters. The summed E-state index contributed by atoms with van der Waals surface area (Å²) < 4.78 is 68.1. The molecule has 0 spiro atoms. The highest BCUT2D eigenvalue weighted by Gasteiger charge is 2.30. The highest BCUT2D eigenvalue weighted by molar-refractivity contribution is 7.47. The number of phosphoric acid groups is 2. The van der Waals surface area contributed by atoms with Gasteiger partial charge in [-0.05, 0) is 57.3 Å². The first-order valence-corrected chi connectivity index (χ1v) is 37.5. The predicted molar refractivity (Wildman–Crippen MR) is 344 cm³/mol. The molecule has 3 unspecified atom stereocenters. The van der Waals surface area contributed by atoms with Gasteiger partial charge in [0.2, 0.25) is 0 Å². The second-order valence-corrected chi connectivity index (χ2v) is 26.7. The Balaban J connectivity index is 5.28. The van der Waals surface area contributed by atoms with Gasteiger partial charge in [-0.25, -0.2) is 9.13 Å². The molecule has 19 heteroatoms. The fraction of sp³-hybridized carbons (Fsp3) is 0.881. The van der Waals surface area contributed by atoms with Crippen molar-refractivity contribution in [3.05, 3.63) is 24.3 Å². The van der Waals surface area contributed by atoms with E-state index in [1.54, 1.807) is 0 Å². The molecule has 0 fully saturated rings. The number of carbonyl (C=O) groups is 4. The number of hydrogen-bond donors (Lipinski definition) is 3. The van der Waals surface area contributed by atoms with Crippen molar-refractivity contribution < 1.29 is 80.2 Å². The van der Waals surface area contributed by atoms with Gasteiger partial charge in [0, 0.05) is 25.7 Å². The molecule has 0 aliphatic rings. The third-order valence-corrected chi connectivity index (χ3v) is 17.2. The van der Waals surface area contributed by atoms with Crippen molar-refractivity contribution in [1.82, 2.24) is 0 Å². The maximum Gasteiger partial charge on any atom is 0.472 e. The first-order valence-electron chi connectivity index (χ1n) is 34.5. The number of aliphatic hydroxyl groups is 1. The smallest absolute Gasteiger partial charge is 0.462 e. The van der Waals surface area contributed by atoms with Crippen LogP contribution in [0, 0.1) is 5.92 Å². The lowest BCUT2D eigenvalue weighted by Gasteiger charge is -2.21. The van der Waals surface area contributed by atoms with Crippen LogP contribution in [0.3, 0.4) is 0 Å². The molecule has 0 aromatic rings. The van der Waals surface area contributed by atoms with Gasteiger partial charge in [0.05, 0.1) is 26.4 Å². The predicted octanol–water partition coefficient (Wildman–Crippen LogP) is 18.5. The molecular formula is C67H126O17P2. The molecule has 0 saturated carbocycles. The second-order valence-electron chi connectivity index (χ2n) is 23.8. The lowest BCUT2D eigenvalue weighted by Crippen LogP contribution is -2.30. The van der Waals surface area contributed by atoms with Gasteiger partial charge in [0.15, 0.2) is 12.2 Å². The molecule has 3 N–H and O–H groups in total. The highest BCUT2D eigenvalue weighted by Crippen LogP contribution is 2.45. The van der Waals surface area contributed by atoms with Gasteiger partial charge in [-0.15, -0.1) is 0 Å². The summed E-state index contributed by atoms with van der Waals surface area (Å²) in [6, 6.07) is 0. The second kappa shape index (κ2) is 60.1. The molecule has 0 heterocycles. The Bertz CT molecular complexity index is 1760. The van der Waals surface area contributed by atoms with Crippen LogP contribution in [0.15, 0.2) is 24.3 Å². The van der Waals surface area contributed by atoms with E-state index in [1.165, 1.54) is 128 Å². The zero-order valence-corrected chi connectivity index (χ0v) is 56.7. The van der Waals surface area contributed by atoms with Crippen molar-refractivity contribution in [2.45, 2.75) is 335 Å². The normalized spacial score (nSPS) is 14.7. The number of allylic oxidation sites excluding steroid dienone is 4. The molecule has 0 aromatic heterocycles. The molecule has 86 heavy (non-hydrogen) atoms. The van der Waals surface area contributed by atoms with E-state index in [0.717, 1.165) is 109 Å². The quantitative estimate of drug-likeness (QED) is 0.0169. The Morgan fingerprint density at radius 2 is 0.651 bits per heavy atom. The first-order chi connectivity index (χ1) is 41.6. The highest BCUT2D eigenvalue weighted by atomic mass is 31.2. The zero-order chi connectivity index (χ0) is 63.5. The third kappa shape index (κ3) is 59.2. The summed E-state index contributed by atoms with van der Waals surface area (Å²) in [5.41, 5.74) is 0. The van der Waals surface area contributed by atoms with E-state index >= 15 is 0 Å². The molecule has 0 saturated heterocycles. The lowest BCUT2D eigenvalue weighted by molar-refractivity contribution is -0.161. The molecule has 0 rings (SSSR count). The van der Waals surface area contributed by atoms with Crippen LogP contribution in [-0.4, -0.2) is 96.7 Å². The maximum absolute atomic E-state index is 13.0. The van der Waals surface area contributed by atoms with Crippen molar-refractivity contribution in [2.75, 3.05) is 39.6 Å². The first kappa shape index (κ1) is 83.5. The van der Waals surface area contributed by atoms with E-state index in [9.17, 15) is 43.2 Å². The molecule has 0 aliphatic heterocycles. The van der Waals surface area contributed by atoms with E-state index in [2.05, 4.69) is 58.9 Å². The number of aliphatic hydroxyl groups excluding tert-OH is 1. The van der Waals surface area contributed by atoms with E-state index in [4.69, 9.17) is 37.0 Å². The minimum Gasteiger partial charge on any atom is -0.462 e. The minimum atomic E-state index is -4.95. The monoisotopic (exact) mass is 1260 g/mol. The van der Waals surface area contributed by atoms with Crippen LogP contribution in [0.5, 0.6) is 0 Å². The Labute approximate surface area is 522 Å². The summed E-state index contributed by atoms with van der Waals surface area (Å²) in [4.78, 5) is 72.3. The van der Waals surface area contributed by atoms with Crippen LogP contribution >= 0.6 is 15.6 Å². The van der Waals surface area contributed by atoms with Crippen LogP contribution in [0.4, 0.5) is 0 Å². The summed E-state index contributed by atoms with van der Waals surface area (Å²) in [6.45, 7) is 7.09. The Hall–Kier alpha value is -2.46. The van der Waals surface area contributed by atoms with E-state index in [0.29, 0.717) is 25.7 Å². The molecule has 506 valence electrons. The summed E-state index contributed by atoms with van der Waals surface area (Å²) >= 11 is 0. The standard InChI is InChI=1S/C67H126O17P2/c1-6-10-13-16-19-22-25-26-27-28-30-33-36-42-47-52-66(71)83-62(56-77-65(70)51-46-41-35-32-29-23-20-17-14-11-7-2)58-81-85(73,74)79-54-61(68)55-80-86(75,76)82-59-63(84-67(72)53-48-43-38-37-39-44-49-60(5)9-4)57-78-64(69)50-45-40-34-31-24-21-18-15-12-8-3/h22,25-27,60-63,68H,6-21,23-24,28-59H2,1-5H3,(H,73,74)(H,75,76)/b25-22-,27-26-/t60?,61-,62-,63-/m1/s1. The van der Waals surface area contributed by atoms with Crippen molar-refractivity contribution in [2.24, 2.45) is 5.92 Å². The van der Waals surface area contributed by atoms with Gasteiger partial charge in [0.25, 0.3) is 0 Å². The molecule has 0 aromatic carbocycles. The fourth-order valence-electron chi connectivity index (χ4n) is 9.54. The van der Waals surface area contributed by atoms with E-state index in [-0.39, 0.29) is 25.7 Å². The van der Waals surface area contributed by atoms with Gasteiger partial charge in [-0.1, -0.05) is 264 Å². The van der Waals surface area contributed by atoms with Gasteiger partial charge < -0.3 is 33.8 Å². The van der Waals surface area contributed by atoms with Crippen molar-refractivity contribution in [1.29, 1.82) is 0 Å². The summed E-state index contributed by atoms with van der Waals surface area (Å²) in [7, 11) is -9.90. The molecule has 17 nitrogen and oxygen atoms in total. The number of unbranched alkanes of at least 4 members (excludes halogenated alkanes) is 33. The summed E-state index contributed by atoms with van der Waals surface area (Å²) in [5.74, 6) is -1.44. The molecule has 0 aliphatic carbocycles. The molecule has 0 radical (unpaired) electrons. The van der Waals surface area contributed by atoms with E-state index in [1.807, 2.05) is 0 Å². The third-order valence-electron chi connectivity index (χ3n) is 15.3. The van der Waals surface area contributed by atoms with Crippen LogP contribution in [0.2, 0.25) is 0 Å². The van der Waals surface area contributed by atoms with Crippen LogP contribution in [0.25, 0.3) is 0 Å². The SMILES string of the molecule is CCCCCC/C=C\C=C/CCCCCCCC(=O)O[C@H](COC(=O)CCCCCCCCCCCCC)COP(=O)(O)OC[C@@H](O)COP(=O)(O)OC[C@@H](COC(=O)CCCCCCCCCCCC)OC(=O)CCCCCCCCC(C)CC. The topological polar surface area (TPSA) is 237 Å². The molecular weight excluding hydrogens is 1140 g/mol. The summed E-state index contributed by atoms with van der Waals surface area (Å²) in [6.07, 6.45) is 48.0. The zero-order valence-electron chi connectivity index (χ0n) is 54.9. The Morgan fingerprint density at radius 3 is 0.988 bits per heavy atom. The van der Waals surface area contributed by atoms with Crippen molar-refractivity contribution in [3.63, 3.8) is 0 Å². The van der Waals surface area contributed by atoms with Crippen LogP contribution in [0.1, 0.15) is 317 Å². The van der Waals surface area contributed by atoms with Gasteiger partial charge >= 0.3 is 39.5 Å². The summed E-state index contributed by atoms with van der Waals surface area (Å²) in [5, 5.41) is 10.6. The number of phosphoric ester groups is 2. The number of carbonyl (C=O) groups excluding carboxylic acids is 4. The average molecular weight is 1270 g/mol. The Morgan fingerprint density at radius 1 is 0.372 bits per heavy atom.